The van der Waals surface area contributed by atoms with Gasteiger partial charge in [-0.25, -0.2) is 0 Å². The molecule has 0 spiro atoms. The molecule has 0 aliphatic carbocycles. The van der Waals surface area contributed by atoms with E-state index in [4.69, 9.17) is 37.9 Å². The zero-order valence-corrected chi connectivity index (χ0v) is 22.9. The molecule has 1 fully saturated rings. The lowest BCUT2D eigenvalue weighted by molar-refractivity contribution is -0.342. The lowest BCUT2D eigenvalue weighted by Gasteiger charge is -2.45. The minimum Gasteiger partial charge on any atom is -0.468 e. The van der Waals surface area contributed by atoms with Crippen LogP contribution in [0.1, 0.15) is 48.0 Å². The van der Waals surface area contributed by atoms with Crippen molar-refractivity contribution in [1.29, 1.82) is 0 Å². The minimum absolute atomic E-state index is 0.161. The zero-order valence-electron chi connectivity index (χ0n) is 21.3. The highest BCUT2D eigenvalue weighted by atomic mass is 79.9. The third kappa shape index (κ3) is 9.30. The number of alkyl halides is 1. The van der Waals surface area contributed by atoms with Crippen LogP contribution in [0.4, 0.5) is 0 Å². The number of ether oxygens (including phenoxy) is 8. The van der Waals surface area contributed by atoms with Gasteiger partial charge in [0.1, 0.15) is 12.7 Å². The van der Waals surface area contributed by atoms with Crippen LogP contribution < -0.4 is 0 Å². The number of hydrogen-bond donors (Lipinski definition) is 0. The molecule has 0 saturated carbocycles. The van der Waals surface area contributed by atoms with Crippen LogP contribution in [0, 0.1) is 0 Å². The van der Waals surface area contributed by atoms with Gasteiger partial charge >= 0.3 is 29.8 Å². The van der Waals surface area contributed by atoms with Crippen molar-refractivity contribution < 1.29 is 61.9 Å². The van der Waals surface area contributed by atoms with Crippen LogP contribution >= 0.6 is 15.9 Å². The van der Waals surface area contributed by atoms with Crippen molar-refractivity contribution in [3.05, 3.63) is 0 Å². The highest BCUT2D eigenvalue weighted by Crippen LogP contribution is 2.34. The van der Waals surface area contributed by atoms with Gasteiger partial charge in [0.25, 0.3) is 0 Å². The van der Waals surface area contributed by atoms with Crippen LogP contribution in [0.2, 0.25) is 0 Å². The fraction of sp³-hybridized carbons (Fsp3) is 0.773. The summed E-state index contributed by atoms with van der Waals surface area (Å²) in [5.74, 6) is -3.76. The van der Waals surface area contributed by atoms with Gasteiger partial charge in [0.05, 0.1) is 7.11 Å². The number of hydrogen-bond acceptors (Lipinski definition) is 13. The van der Waals surface area contributed by atoms with E-state index < -0.39 is 77.8 Å². The topological polar surface area (TPSA) is 159 Å². The maximum absolute atomic E-state index is 12.4. The molecule has 0 N–H and O–H groups in total. The third-order valence-corrected chi connectivity index (χ3v) is 5.40. The van der Waals surface area contributed by atoms with E-state index in [1.807, 2.05) is 6.92 Å². The Bertz CT molecular complexity index is 799. The number of halogens is 1. The molecule has 206 valence electrons. The summed E-state index contributed by atoms with van der Waals surface area (Å²) in [4.78, 5) is 59.6. The molecular weight excluding hydrogens is 552 g/mol. The van der Waals surface area contributed by atoms with E-state index in [1.54, 1.807) is 0 Å². The van der Waals surface area contributed by atoms with Gasteiger partial charge in [-0.1, -0.05) is 22.9 Å². The van der Waals surface area contributed by atoms with Crippen LogP contribution in [-0.2, 0) is 61.9 Å². The van der Waals surface area contributed by atoms with E-state index in [0.717, 1.165) is 27.7 Å². The van der Waals surface area contributed by atoms with Gasteiger partial charge in [0.15, 0.2) is 28.9 Å². The van der Waals surface area contributed by atoms with Crippen molar-refractivity contribution in [2.75, 3.05) is 20.3 Å². The highest BCUT2D eigenvalue weighted by molar-refractivity contribution is 9.10. The molecule has 0 amide bonds. The van der Waals surface area contributed by atoms with Crippen molar-refractivity contribution in [1.82, 2.24) is 0 Å². The first-order valence-electron chi connectivity index (χ1n) is 11.1. The lowest BCUT2D eigenvalue weighted by Crippen LogP contribution is -2.64. The first-order valence-corrected chi connectivity index (χ1v) is 11.9. The summed E-state index contributed by atoms with van der Waals surface area (Å²) in [5, 5.41) is 0. The summed E-state index contributed by atoms with van der Waals surface area (Å²) < 4.78 is 41.9. The van der Waals surface area contributed by atoms with Crippen molar-refractivity contribution in [2.45, 2.75) is 89.3 Å². The predicted molar refractivity (Wildman–Crippen MR) is 122 cm³/mol. The summed E-state index contributed by atoms with van der Waals surface area (Å²) >= 11 is 3.25. The molecule has 1 heterocycles. The molecule has 0 bridgehead atoms. The maximum Gasteiger partial charge on any atom is 0.327 e. The second kappa shape index (κ2) is 14.4. The van der Waals surface area contributed by atoms with Crippen molar-refractivity contribution in [2.24, 2.45) is 0 Å². The average molecular weight is 585 g/mol. The number of carbonyl (C=O) groups excluding carboxylic acids is 5. The second-order valence-corrected chi connectivity index (χ2v) is 9.62. The van der Waals surface area contributed by atoms with E-state index in [1.165, 1.54) is 14.0 Å². The second-order valence-electron chi connectivity index (χ2n) is 7.97. The Morgan fingerprint density at radius 2 is 1.42 bits per heavy atom. The Balaban J connectivity index is 3.53. The number of carbonyl (C=O) groups is 5. The monoisotopic (exact) mass is 584 g/mol. The molecule has 0 unspecified atom stereocenters. The van der Waals surface area contributed by atoms with E-state index in [0.29, 0.717) is 6.42 Å². The van der Waals surface area contributed by atoms with E-state index in [-0.39, 0.29) is 6.61 Å². The van der Waals surface area contributed by atoms with Gasteiger partial charge in [-0.15, -0.1) is 0 Å². The quantitative estimate of drug-likeness (QED) is 0.139. The standard InChI is InChI=1S/C22H33BrO13/c1-8-9-30-21(22(6,23)20(28)29-7)36-19-18(34-14(5)27)17(33-13(4)26)16(32-12(3)25)15(35-19)10-31-11(2)24/h15-19,21H,8-10H2,1-7H3/t15-,16-,17+,18-,19+,21-,22+/m1/s1. The van der Waals surface area contributed by atoms with Gasteiger partial charge in [-0.05, 0) is 13.3 Å². The normalized spacial score (nSPS) is 26.1. The first-order chi connectivity index (χ1) is 16.7. The zero-order chi connectivity index (χ0) is 27.6. The maximum atomic E-state index is 12.4. The molecule has 36 heavy (non-hydrogen) atoms. The molecule has 1 saturated heterocycles. The van der Waals surface area contributed by atoms with Crippen LogP contribution in [0.15, 0.2) is 0 Å². The largest absolute Gasteiger partial charge is 0.468 e. The summed E-state index contributed by atoms with van der Waals surface area (Å²) in [6.45, 7) is 7.46. The highest BCUT2D eigenvalue weighted by Gasteiger charge is 2.55. The van der Waals surface area contributed by atoms with Crippen molar-refractivity contribution in [3.8, 4) is 0 Å². The Kier molecular flexibility index (Phi) is 12.7. The Hall–Kier alpha value is -2.29. The lowest BCUT2D eigenvalue weighted by atomic mass is 9.98. The summed E-state index contributed by atoms with van der Waals surface area (Å²) in [7, 11) is 1.17. The van der Waals surface area contributed by atoms with Gasteiger partial charge in [0.2, 0.25) is 6.29 Å². The van der Waals surface area contributed by atoms with E-state index in [9.17, 15) is 24.0 Å². The molecule has 0 radical (unpaired) electrons. The van der Waals surface area contributed by atoms with Crippen LogP contribution in [0.25, 0.3) is 0 Å². The molecule has 1 rings (SSSR count). The Morgan fingerprint density at radius 3 is 1.89 bits per heavy atom. The van der Waals surface area contributed by atoms with Gasteiger partial charge in [0, 0.05) is 34.3 Å². The number of esters is 5. The molecule has 1 aliphatic rings. The molecule has 7 atom stereocenters. The minimum atomic E-state index is -1.55. The SMILES string of the molecule is CCCO[C@H](O[C@@H]1O[C@H](COC(C)=O)[C@@H](OC(C)=O)[C@H](OC(C)=O)[C@H]1OC(C)=O)[C@@](C)(Br)C(=O)OC. The first kappa shape index (κ1) is 31.7. The summed E-state index contributed by atoms with van der Waals surface area (Å²) in [6.07, 6.45) is -7.80. The van der Waals surface area contributed by atoms with Crippen LogP contribution in [-0.4, -0.2) is 91.5 Å². The fourth-order valence-corrected chi connectivity index (χ4v) is 3.67. The summed E-state index contributed by atoms with van der Waals surface area (Å²) in [6, 6.07) is 0. The van der Waals surface area contributed by atoms with E-state index >= 15 is 0 Å². The Labute approximate surface area is 217 Å². The average Bonchev–Trinajstić information content (AvgIpc) is 2.77. The van der Waals surface area contributed by atoms with E-state index in [2.05, 4.69) is 15.9 Å². The van der Waals surface area contributed by atoms with Gasteiger partial charge in [-0.3, -0.25) is 24.0 Å². The molecule has 13 nitrogen and oxygen atoms in total. The van der Waals surface area contributed by atoms with Gasteiger partial charge < -0.3 is 37.9 Å². The smallest absolute Gasteiger partial charge is 0.327 e. The predicted octanol–water partition coefficient (Wildman–Crippen LogP) is 1.17. The molecule has 0 aromatic rings. The number of methoxy groups -OCH3 is 1. The fourth-order valence-electron chi connectivity index (χ4n) is 3.26. The van der Waals surface area contributed by atoms with Crippen LogP contribution in [0.5, 0.6) is 0 Å². The molecular formula is C22H33BrO13. The molecule has 14 heteroatoms. The number of rotatable bonds is 12. The van der Waals surface area contributed by atoms with Crippen molar-refractivity contribution in [3.63, 3.8) is 0 Å². The molecule has 0 aromatic heterocycles. The molecule has 0 aromatic carbocycles. The van der Waals surface area contributed by atoms with Crippen LogP contribution in [0.3, 0.4) is 0 Å². The summed E-state index contributed by atoms with van der Waals surface area (Å²) in [5.41, 5.74) is 0. The van der Waals surface area contributed by atoms with Gasteiger partial charge in [-0.2, -0.15) is 0 Å². The van der Waals surface area contributed by atoms with Crippen molar-refractivity contribution >= 4 is 45.8 Å². The Morgan fingerprint density at radius 1 is 0.889 bits per heavy atom. The third-order valence-electron chi connectivity index (χ3n) is 4.71. The molecule has 1 aliphatic heterocycles.